The number of rotatable bonds is 4. The second-order valence-corrected chi connectivity index (χ2v) is 5.43. The fourth-order valence-electron chi connectivity index (χ4n) is 2.59. The molecule has 0 aliphatic carbocycles. The van der Waals surface area contributed by atoms with Crippen molar-refractivity contribution in [3.63, 3.8) is 0 Å². The molecule has 1 aliphatic heterocycles. The highest BCUT2D eigenvalue weighted by atomic mass is 15.4. The van der Waals surface area contributed by atoms with Crippen molar-refractivity contribution in [1.29, 1.82) is 0 Å². The van der Waals surface area contributed by atoms with Gasteiger partial charge in [0.2, 0.25) is 11.9 Å². The summed E-state index contributed by atoms with van der Waals surface area (Å²) in [6, 6.07) is 1.86. The van der Waals surface area contributed by atoms with Crippen LogP contribution in [0.4, 0.5) is 11.9 Å². The molecule has 1 saturated heterocycles. The van der Waals surface area contributed by atoms with E-state index in [1.165, 1.54) is 12.8 Å². The second kappa shape index (κ2) is 6.07. The second-order valence-electron chi connectivity index (χ2n) is 5.43. The number of anilines is 2. The third-order valence-corrected chi connectivity index (χ3v) is 3.60. The standard InChI is InChI=1S/C14H21N7/c1-3-15-12-17-13(20-8-4-6-11(2)10-20)19-14(18-12)21-9-5-7-16-21/h5,7,9,11H,3-4,6,8,10H2,1-2H3,(H,15,17,18,19). The monoisotopic (exact) mass is 287 g/mol. The van der Waals surface area contributed by atoms with Gasteiger partial charge in [0.15, 0.2) is 0 Å². The van der Waals surface area contributed by atoms with E-state index in [1.807, 2.05) is 19.2 Å². The number of hydrogen-bond donors (Lipinski definition) is 1. The highest BCUT2D eigenvalue weighted by Gasteiger charge is 2.20. The molecular formula is C14H21N7. The zero-order valence-corrected chi connectivity index (χ0v) is 12.5. The van der Waals surface area contributed by atoms with Crippen LogP contribution in [0.25, 0.3) is 5.95 Å². The third kappa shape index (κ3) is 3.12. The first-order chi connectivity index (χ1) is 10.3. The van der Waals surface area contributed by atoms with Crippen molar-refractivity contribution in [1.82, 2.24) is 24.7 Å². The molecule has 0 spiro atoms. The SMILES string of the molecule is CCNc1nc(N2CCCC(C)C2)nc(-n2cccn2)n1. The van der Waals surface area contributed by atoms with Crippen LogP contribution in [0, 0.1) is 5.92 Å². The molecule has 2 aromatic heterocycles. The normalized spacial score (nSPS) is 18.8. The number of nitrogens with one attached hydrogen (secondary N) is 1. The van der Waals surface area contributed by atoms with Crippen LogP contribution in [-0.2, 0) is 0 Å². The van der Waals surface area contributed by atoms with Gasteiger partial charge in [-0.3, -0.25) is 0 Å². The number of piperidine rings is 1. The lowest BCUT2D eigenvalue weighted by Gasteiger charge is -2.31. The first kappa shape index (κ1) is 13.8. The van der Waals surface area contributed by atoms with Gasteiger partial charge in [-0.05, 0) is 31.7 Å². The molecule has 2 aromatic rings. The average Bonchev–Trinajstić information content (AvgIpc) is 3.01. The average molecular weight is 287 g/mol. The van der Waals surface area contributed by atoms with Crippen LogP contribution in [0.2, 0.25) is 0 Å². The highest BCUT2D eigenvalue weighted by Crippen LogP contribution is 2.21. The summed E-state index contributed by atoms with van der Waals surface area (Å²) < 4.78 is 1.67. The van der Waals surface area contributed by atoms with Crippen LogP contribution < -0.4 is 10.2 Å². The lowest BCUT2D eigenvalue weighted by molar-refractivity contribution is 0.441. The first-order valence-corrected chi connectivity index (χ1v) is 7.51. The van der Waals surface area contributed by atoms with Gasteiger partial charge in [-0.15, -0.1) is 0 Å². The molecule has 7 heteroatoms. The summed E-state index contributed by atoms with van der Waals surface area (Å²) in [7, 11) is 0. The quantitative estimate of drug-likeness (QED) is 0.923. The third-order valence-electron chi connectivity index (χ3n) is 3.60. The van der Waals surface area contributed by atoms with E-state index in [4.69, 9.17) is 0 Å². The predicted molar refractivity (Wildman–Crippen MR) is 81.7 cm³/mol. The van der Waals surface area contributed by atoms with Crippen molar-refractivity contribution in [2.24, 2.45) is 5.92 Å². The van der Waals surface area contributed by atoms with Gasteiger partial charge in [-0.2, -0.15) is 20.1 Å². The van der Waals surface area contributed by atoms with Gasteiger partial charge in [-0.1, -0.05) is 6.92 Å². The van der Waals surface area contributed by atoms with Crippen molar-refractivity contribution in [3.05, 3.63) is 18.5 Å². The van der Waals surface area contributed by atoms with Crippen LogP contribution in [-0.4, -0.2) is 44.4 Å². The van der Waals surface area contributed by atoms with Gasteiger partial charge >= 0.3 is 0 Å². The largest absolute Gasteiger partial charge is 0.354 e. The zero-order valence-electron chi connectivity index (χ0n) is 12.5. The topological polar surface area (TPSA) is 71.8 Å². The van der Waals surface area contributed by atoms with Gasteiger partial charge in [-0.25, -0.2) is 4.68 Å². The molecule has 1 N–H and O–H groups in total. The Kier molecular flexibility index (Phi) is 3.98. The Bertz CT molecular complexity index is 581. The van der Waals surface area contributed by atoms with Crippen LogP contribution in [0.1, 0.15) is 26.7 Å². The maximum atomic E-state index is 4.58. The maximum Gasteiger partial charge on any atom is 0.257 e. The molecule has 3 heterocycles. The molecule has 1 aliphatic rings. The summed E-state index contributed by atoms with van der Waals surface area (Å²) in [5.41, 5.74) is 0. The summed E-state index contributed by atoms with van der Waals surface area (Å²) in [6.07, 6.45) is 6.02. The fourth-order valence-corrected chi connectivity index (χ4v) is 2.59. The maximum absolute atomic E-state index is 4.58. The Balaban J connectivity index is 1.95. The van der Waals surface area contributed by atoms with Crippen LogP contribution in [0.5, 0.6) is 0 Å². The Hall–Kier alpha value is -2.18. The van der Waals surface area contributed by atoms with E-state index in [9.17, 15) is 0 Å². The Morgan fingerprint density at radius 1 is 1.29 bits per heavy atom. The van der Waals surface area contributed by atoms with E-state index in [0.717, 1.165) is 25.6 Å². The van der Waals surface area contributed by atoms with E-state index in [-0.39, 0.29) is 0 Å². The summed E-state index contributed by atoms with van der Waals surface area (Å²) in [5, 5.41) is 7.38. The van der Waals surface area contributed by atoms with Gasteiger partial charge in [0.25, 0.3) is 5.95 Å². The first-order valence-electron chi connectivity index (χ1n) is 7.51. The molecule has 21 heavy (non-hydrogen) atoms. The molecule has 112 valence electrons. The van der Waals surface area contributed by atoms with E-state index >= 15 is 0 Å². The smallest absolute Gasteiger partial charge is 0.257 e. The van der Waals surface area contributed by atoms with Gasteiger partial charge < -0.3 is 10.2 Å². The van der Waals surface area contributed by atoms with Crippen molar-refractivity contribution in [2.45, 2.75) is 26.7 Å². The number of hydrogen-bond acceptors (Lipinski definition) is 6. The predicted octanol–water partition coefficient (Wildman–Crippen LogP) is 1.73. The van der Waals surface area contributed by atoms with E-state index in [1.54, 1.807) is 10.9 Å². The van der Waals surface area contributed by atoms with E-state index < -0.39 is 0 Å². The van der Waals surface area contributed by atoms with Gasteiger partial charge in [0, 0.05) is 32.0 Å². The molecular weight excluding hydrogens is 266 g/mol. The molecule has 1 atom stereocenters. The minimum absolute atomic E-state index is 0.555. The van der Waals surface area contributed by atoms with Crippen molar-refractivity contribution in [3.8, 4) is 5.95 Å². The molecule has 3 rings (SSSR count). The van der Waals surface area contributed by atoms with Crippen molar-refractivity contribution in [2.75, 3.05) is 29.9 Å². The molecule has 7 nitrogen and oxygen atoms in total. The summed E-state index contributed by atoms with van der Waals surface area (Å²) >= 11 is 0. The summed E-state index contributed by atoms with van der Waals surface area (Å²) in [6.45, 7) is 7.07. The molecule has 0 amide bonds. The fraction of sp³-hybridized carbons (Fsp3) is 0.571. The molecule has 1 unspecified atom stereocenters. The Labute approximate surface area is 124 Å². The van der Waals surface area contributed by atoms with Gasteiger partial charge in [0.1, 0.15) is 0 Å². The summed E-state index contributed by atoms with van der Waals surface area (Å²) in [5.74, 6) is 2.56. The lowest BCUT2D eigenvalue weighted by Crippen LogP contribution is -2.36. The number of aromatic nitrogens is 5. The molecule has 1 fully saturated rings. The highest BCUT2D eigenvalue weighted by molar-refractivity contribution is 5.40. The molecule has 0 bridgehead atoms. The lowest BCUT2D eigenvalue weighted by atomic mass is 10.0. The Morgan fingerprint density at radius 2 is 2.14 bits per heavy atom. The van der Waals surface area contributed by atoms with Crippen LogP contribution in [0.3, 0.4) is 0 Å². The van der Waals surface area contributed by atoms with Crippen molar-refractivity contribution >= 4 is 11.9 Å². The van der Waals surface area contributed by atoms with Crippen LogP contribution >= 0.6 is 0 Å². The minimum atomic E-state index is 0.555. The minimum Gasteiger partial charge on any atom is -0.354 e. The van der Waals surface area contributed by atoms with E-state index in [0.29, 0.717) is 17.8 Å². The summed E-state index contributed by atoms with van der Waals surface area (Å²) in [4.78, 5) is 15.8. The van der Waals surface area contributed by atoms with E-state index in [2.05, 4.69) is 37.2 Å². The Morgan fingerprint density at radius 3 is 2.86 bits per heavy atom. The molecule has 0 radical (unpaired) electrons. The van der Waals surface area contributed by atoms with Gasteiger partial charge in [0.05, 0.1) is 0 Å². The van der Waals surface area contributed by atoms with Crippen LogP contribution in [0.15, 0.2) is 18.5 Å². The molecule has 0 saturated carbocycles. The number of nitrogens with zero attached hydrogens (tertiary/aromatic N) is 6. The van der Waals surface area contributed by atoms with Crippen molar-refractivity contribution < 1.29 is 0 Å². The zero-order chi connectivity index (χ0) is 14.7. The molecule has 0 aromatic carbocycles.